The third-order valence-corrected chi connectivity index (χ3v) is 3.84. The van der Waals surface area contributed by atoms with E-state index in [0.29, 0.717) is 17.9 Å². The molecular formula is C15H24N4. The van der Waals surface area contributed by atoms with Crippen molar-refractivity contribution in [2.45, 2.75) is 45.1 Å². The Balaban J connectivity index is 1.97. The third-order valence-electron chi connectivity index (χ3n) is 3.84. The molecule has 0 aliphatic heterocycles. The van der Waals surface area contributed by atoms with Crippen LogP contribution in [0.4, 0.5) is 5.69 Å². The maximum atomic E-state index is 5.56. The second kappa shape index (κ2) is 7.14. The van der Waals surface area contributed by atoms with Crippen LogP contribution in [0.1, 0.15) is 39.0 Å². The van der Waals surface area contributed by atoms with Crippen molar-refractivity contribution >= 4 is 11.6 Å². The standard InChI is InChI=1S/C15H24N4/c1-12(13-8-4-2-5-9-13)17-15(19-16)18-14-10-6-3-7-11-14/h3,6-7,10-13H,2,4-5,8-9,16H2,1H3,(H2,17,18,19). The number of nitrogens with two attached hydrogens (primary N) is 1. The summed E-state index contributed by atoms with van der Waals surface area (Å²) in [4.78, 5) is 4.68. The zero-order chi connectivity index (χ0) is 13.5. The van der Waals surface area contributed by atoms with Crippen molar-refractivity contribution in [1.82, 2.24) is 5.43 Å². The van der Waals surface area contributed by atoms with Crippen LogP contribution in [0.15, 0.2) is 35.3 Å². The van der Waals surface area contributed by atoms with Crippen LogP contribution in [0.3, 0.4) is 0 Å². The summed E-state index contributed by atoms with van der Waals surface area (Å²) in [6, 6.07) is 10.3. The number of nitrogens with zero attached hydrogens (tertiary/aromatic N) is 1. The third kappa shape index (κ3) is 4.24. The molecule has 0 aromatic heterocycles. The van der Waals surface area contributed by atoms with E-state index in [0.717, 1.165) is 5.69 Å². The van der Waals surface area contributed by atoms with E-state index in [9.17, 15) is 0 Å². The molecule has 1 fully saturated rings. The fourth-order valence-electron chi connectivity index (χ4n) is 2.69. The zero-order valence-electron chi connectivity index (χ0n) is 11.6. The number of benzene rings is 1. The molecule has 1 aromatic rings. The van der Waals surface area contributed by atoms with Crippen molar-refractivity contribution in [1.29, 1.82) is 0 Å². The van der Waals surface area contributed by atoms with Gasteiger partial charge in [-0.1, -0.05) is 37.5 Å². The number of nitrogens with one attached hydrogen (secondary N) is 2. The van der Waals surface area contributed by atoms with Crippen molar-refractivity contribution in [2.75, 3.05) is 5.32 Å². The van der Waals surface area contributed by atoms with Crippen LogP contribution in [-0.4, -0.2) is 12.0 Å². The molecule has 1 aromatic carbocycles. The minimum Gasteiger partial charge on any atom is -0.325 e. The highest BCUT2D eigenvalue weighted by Gasteiger charge is 2.19. The zero-order valence-corrected chi connectivity index (χ0v) is 11.6. The summed E-state index contributed by atoms with van der Waals surface area (Å²) in [5, 5.41) is 3.21. The summed E-state index contributed by atoms with van der Waals surface area (Å²) in [5.41, 5.74) is 3.65. The van der Waals surface area contributed by atoms with Gasteiger partial charge in [-0.25, -0.2) is 10.8 Å². The number of aliphatic imine (C=N–C) groups is 1. The Labute approximate surface area is 115 Å². The van der Waals surface area contributed by atoms with Crippen molar-refractivity contribution in [2.24, 2.45) is 16.8 Å². The summed E-state index contributed by atoms with van der Waals surface area (Å²) in [5.74, 6) is 6.89. The van der Waals surface area contributed by atoms with E-state index < -0.39 is 0 Å². The Hall–Kier alpha value is -1.55. The first-order chi connectivity index (χ1) is 9.29. The topological polar surface area (TPSA) is 62.4 Å². The molecular weight excluding hydrogens is 236 g/mol. The van der Waals surface area contributed by atoms with Gasteiger partial charge in [0.25, 0.3) is 0 Å². The fourth-order valence-corrected chi connectivity index (χ4v) is 2.69. The first kappa shape index (κ1) is 13.9. The second-order valence-corrected chi connectivity index (χ2v) is 5.25. The SMILES string of the molecule is CC(N=C(NN)Nc1ccccc1)C1CCCCC1. The molecule has 1 saturated carbocycles. The van der Waals surface area contributed by atoms with Crippen LogP contribution in [-0.2, 0) is 0 Å². The predicted octanol–water partition coefficient (Wildman–Crippen LogP) is 2.89. The van der Waals surface area contributed by atoms with Gasteiger partial charge in [0.1, 0.15) is 0 Å². The van der Waals surface area contributed by atoms with Crippen molar-refractivity contribution in [3.8, 4) is 0 Å². The van der Waals surface area contributed by atoms with Crippen LogP contribution in [0.2, 0.25) is 0 Å². The molecule has 4 N–H and O–H groups in total. The monoisotopic (exact) mass is 260 g/mol. The number of guanidine groups is 1. The van der Waals surface area contributed by atoms with E-state index in [-0.39, 0.29) is 0 Å². The largest absolute Gasteiger partial charge is 0.325 e. The van der Waals surface area contributed by atoms with Crippen LogP contribution in [0, 0.1) is 5.92 Å². The second-order valence-electron chi connectivity index (χ2n) is 5.25. The number of hydrogen-bond acceptors (Lipinski definition) is 2. The molecule has 0 radical (unpaired) electrons. The summed E-state index contributed by atoms with van der Waals surface area (Å²) >= 11 is 0. The normalized spacial score (nSPS) is 18.9. The average Bonchev–Trinajstić information content (AvgIpc) is 2.48. The number of anilines is 1. The summed E-state index contributed by atoms with van der Waals surface area (Å²) < 4.78 is 0. The molecule has 1 unspecified atom stereocenters. The van der Waals surface area contributed by atoms with Crippen molar-refractivity contribution in [3.05, 3.63) is 30.3 Å². The Morgan fingerprint density at radius 2 is 1.89 bits per heavy atom. The number of hydrogen-bond donors (Lipinski definition) is 3. The molecule has 0 saturated heterocycles. The molecule has 1 aliphatic rings. The maximum absolute atomic E-state index is 5.56. The lowest BCUT2D eigenvalue weighted by Crippen LogP contribution is -2.38. The fraction of sp³-hybridized carbons (Fsp3) is 0.533. The van der Waals surface area contributed by atoms with Gasteiger partial charge in [0.2, 0.25) is 5.96 Å². The summed E-state index contributed by atoms with van der Waals surface area (Å²) in [7, 11) is 0. The van der Waals surface area contributed by atoms with Gasteiger partial charge in [-0.3, -0.25) is 5.43 Å². The molecule has 2 rings (SSSR count). The first-order valence-corrected chi connectivity index (χ1v) is 7.16. The van der Waals surface area contributed by atoms with Gasteiger partial charge in [0.15, 0.2) is 0 Å². The lowest BCUT2D eigenvalue weighted by molar-refractivity contribution is 0.317. The number of para-hydroxylation sites is 1. The van der Waals surface area contributed by atoms with E-state index in [1.54, 1.807) is 0 Å². The summed E-state index contributed by atoms with van der Waals surface area (Å²) in [6.45, 7) is 2.18. The molecule has 4 nitrogen and oxygen atoms in total. The number of hydrazine groups is 1. The van der Waals surface area contributed by atoms with Gasteiger partial charge in [-0.15, -0.1) is 0 Å². The summed E-state index contributed by atoms with van der Waals surface area (Å²) in [6.07, 6.45) is 6.61. The molecule has 104 valence electrons. The average molecular weight is 260 g/mol. The predicted molar refractivity (Wildman–Crippen MR) is 80.9 cm³/mol. The maximum Gasteiger partial charge on any atom is 0.210 e. The van der Waals surface area contributed by atoms with Crippen LogP contribution < -0.4 is 16.6 Å². The van der Waals surface area contributed by atoms with Crippen molar-refractivity contribution < 1.29 is 0 Å². The Bertz CT molecular complexity index is 396. The quantitative estimate of drug-likeness (QED) is 0.339. The molecule has 0 bridgehead atoms. The van der Waals surface area contributed by atoms with E-state index in [1.807, 2.05) is 30.3 Å². The molecule has 0 spiro atoms. The lowest BCUT2D eigenvalue weighted by Gasteiger charge is -2.25. The molecule has 1 aliphatic carbocycles. The number of rotatable bonds is 3. The Morgan fingerprint density at radius 3 is 2.53 bits per heavy atom. The van der Waals surface area contributed by atoms with E-state index in [2.05, 4.69) is 22.7 Å². The lowest BCUT2D eigenvalue weighted by atomic mass is 9.85. The van der Waals surface area contributed by atoms with Crippen LogP contribution in [0.5, 0.6) is 0 Å². The Kier molecular flexibility index (Phi) is 5.21. The van der Waals surface area contributed by atoms with E-state index >= 15 is 0 Å². The Morgan fingerprint density at radius 1 is 1.21 bits per heavy atom. The van der Waals surface area contributed by atoms with E-state index in [4.69, 9.17) is 5.84 Å². The van der Waals surface area contributed by atoms with Crippen molar-refractivity contribution in [3.63, 3.8) is 0 Å². The minimum atomic E-state index is 0.308. The van der Waals surface area contributed by atoms with Crippen LogP contribution >= 0.6 is 0 Å². The molecule has 0 amide bonds. The smallest absolute Gasteiger partial charge is 0.210 e. The highest BCUT2D eigenvalue weighted by molar-refractivity contribution is 5.93. The molecule has 4 heteroatoms. The highest BCUT2D eigenvalue weighted by atomic mass is 15.3. The molecule has 19 heavy (non-hydrogen) atoms. The van der Waals surface area contributed by atoms with Gasteiger partial charge in [-0.05, 0) is 37.8 Å². The van der Waals surface area contributed by atoms with Gasteiger partial charge < -0.3 is 5.32 Å². The van der Waals surface area contributed by atoms with Crippen LogP contribution in [0.25, 0.3) is 0 Å². The minimum absolute atomic E-state index is 0.308. The van der Waals surface area contributed by atoms with Gasteiger partial charge in [-0.2, -0.15) is 0 Å². The molecule has 0 heterocycles. The van der Waals surface area contributed by atoms with Gasteiger partial charge in [0.05, 0.1) is 6.04 Å². The molecule has 1 atom stereocenters. The van der Waals surface area contributed by atoms with Gasteiger partial charge in [0, 0.05) is 5.69 Å². The first-order valence-electron chi connectivity index (χ1n) is 7.16. The highest BCUT2D eigenvalue weighted by Crippen LogP contribution is 2.27. The van der Waals surface area contributed by atoms with E-state index in [1.165, 1.54) is 32.1 Å². The van der Waals surface area contributed by atoms with Gasteiger partial charge >= 0.3 is 0 Å².